The molecule has 8 heteroatoms. The predicted octanol–water partition coefficient (Wildman–Crippen LogP) is 0.956. The SMILES string of the molecule is COc1cccc([C@@H]2CN(C(=O)Cc3cnc(C)[nH]c3=O)C[C@H]2C(=O)O)c1. The summed E-state index contributed by atoms with van der Waals surface area (Å²) in [6.45, 7) is 2.04. The Bertz CT molecular complexity index is 924. The van der Waals surface area contributed by atoms with Crippen LogP contribution in [0.3, 0.4) is 0 Å². The number of nitrogens with zero attached hydrogens (tertiary/aromatic N) is 2. The van der Waals surface area contributed by atoms with E-state index in [9.17, 15) is 19.5 Å². The predicted molar refractivity (Wildman–Crippen MR) is 96.7 cm³/mol. The first-order valence-corrected chi connectivity index (χ1v) is 8.58. The van der Waals surface area contributed by atoms with E-state index in [0.717, 1.165) is 5.56 Å². The van der Waals surface area contributed by atoms with Gasteiger partial charge in [0.2, 0.25) is 5.91 Å². The van der Waals surface area contributed by atoms with E-state index in [-0.39, 0.29) is 42.5 Å². The molecular weight excluding hydrogens is 350 g/mol. The fourth-order valence-electron chi connectivity index (χ4n) is 3.38. The van der Waals surface area contributed by atoms with Crippen LogP contribution in [0.5, 0.6) is 5.75 Å². The number of carbonyl (C=O) groups excluding carboxylic acids is 1. The van der Waals surface area contributed by atoms with Gasteiger partial charge in [0.1, 0.15) is 11.6 Å². The van der Waals surface area contributed by atoms with E-state index in [0.29, 0.717) is 11.6 Å². The largest absolute Gasteiger partial charge is 0.497 e. The summed E-state index contributed by atoms with van der Waals surface area (Å²) in [5.41, 5.74) is 0.725. The number of H-pyrrole nitrogens is 1. The molecule has 2 N–H and O–H groups in total. The summed E-state index contributed by atoms with van der Waals surface area (Å²) in [6.07, 6.45) is 1.27. The van der Waals surface area contributed by atoms with Gasteiger partial charge in [0.25, 0.3) is 5.56 Å². The van der Waals surface area contributed by atoms with Gasteiger partial charge in [-0.1, -0.05) is 12.1 Å². The quantitative estimate of drug-likeness (QED) is 0.809. The number of hydrogen-bond acceptors (Lipinski definition) is 5. The molecule has 27 heavy (non-hydrogen) atoms. The molecule has 3 rings (SSSR count). The van der Waals surface area contributed by atoms with Gasteiger partial charge in [-0.05, 0) is 24.6 Å². The number of nitrogens with one attached hydrogen (secondary N) is 1. The number of carboxylic acids is 1. The zero-order valence-corrected chi connectivity index (χ0v) is 15.1. The number of rotatable bonds is 5. The first-order chi connectivity index (χ1) is 12.9. The Morgan fingerprint density at radius 3 is 2.81 bits per heavy atom. The van der Waals surface area contributed by atoms with Gasteiger partial charge < -0.3 is 19.7 Å². The number of hydrogen-bond donors (Lipinski definition) is 2. The molecule has 1 fully saturated rings. The maximum absolute atomic E-state index is 12.6. The lowest BCUT2D eigenvalue weighted by Gasteiger charge is -2.17. The lowest BCUT2D eigenvalue weighted by atomic mass is 9.89. The van der Waals surface area contributed by atoms with Gasteiger partial charge in [0.15, 0.2) is 0 Å². The number of aromatic amines is 1. The summed E-state index contributed by atoms with van der Waals surface area (Å²) in [6, 6.07) is 7.22. The molecule has 0 aliphatic carbocycles. The van der Waals surface area contributed by atoms with E-state index in [1.165, 1.54) is 11.1 Å². The minimum Gasteiger partial charge on any atom is -0.497 e. The second-order valence-electron chi connectivity index (χ2n) is 6.63. The Hall–Kier alpha value is -3.16. The van der Waals surface area contributed by atoms with Crippen LogP contribution in [-0.4, -0.2) is 52.1 Å². The van der Waals surface area contributed by atoms with E-state index >= 15 is 0 Å². The van der Waals surface area contributed by atoms with Crippen molar-refractivity contribution < 1.29 is 19.4 Å². The molecule has 0 spiro atoms. The van der Waals surface area contributed by atoms with Gasteiger partial charge in [0.05, 0.1) is 19.4 Å². The molecule has 2 aromatic rings. The summed E-state index contributed by atoms with van der Waals surface area (Å²) >= 11 is 0. The lowest BCUT2D eigenvalue weighted by Crippen LogP contribution is -2.33. The lowest BCUT2D eigenvalue weighted by molar-refractivity contribution is -0.141. The average molecular weight is 371 g/mol. The topological polar surface area (TPSA) is 113 Å². The molecule has 1 saturated heterocycles. The molecule has 1 aliphatic rings. The van der Waals surface area contributed by atoms with Gasteiger partial charge in [-0.2, -0.15) is 0 Å². The van der Waals surface area contributed by atoms with Crippen LogP contribution >= 0.6 is 0 Å². The minimum absolute atomic E-state index is 0.104. The number of benzene rings is 1. The molecule has 1 aromatic heterocycles. The molecule has 0 bridgehead atoms. The van der Waals surface area contributed by atoms with E-state index < -0.39 is 11.9 Å². The number of amides is 1. The molecule has 8 nitrogen and oxygen atoms in total. The molecule has 2 heterocycles. The fraction of sp³-hybridized carbons (Fsp3) is 0.368. The summed E-state index contributed by atoms with van der Waals surface area (Å²) in [4.78, 5) is 44.4. The van der Waals surface area contributed by atoms with E-state index in [2.05, 4.69) is 9.97 Å². The van der Waals surface area contributed by atoms with Crippen molar-refractivity contribution in [3.63, 3.8) is 0 Å². The third kappa shape index (κ3) is 3.99. The van der Waals surface area contributed by atoms with Gasteiger partial charge >= 0.3 is 5.97 Å². The Morgan fingerprint density at radius 1 is 1.37 bits per heavy atom. The van der Waals surface area contributed by atoms with E-state index in [4.69, 9.17) is 4.74 Å². The van der Waals surface area contributed by atoms with Crippen LogP contribution in [0.15, 0.2) is 35.3 Å². The van der Waals surface area contributed by atoms with Crippen molar-refractivity contribution in [2.45, 2.75) is 19.3 Å². The smallest absolute Gasteiger partial charge is 0.308 e. The van der Waals surface area contributed by atoms with Crippen LogP contribution in [0.1, 0.15) is 22.9 Å². The number of likely N-dealkylation sites (tertiary alicyclic amines) is 1. The van der Waals surface area contributed by atoms with Gasteiger partial charge in [-0.25, -0.2) is 4.98 Å². The monoisotopic (exact) mass is 371 g/mol. The van der Waals surface area contributed by atoms with Gasteiger partial charge in [0, 0.05) is 30.8 Å². The summed E-state index contributed by atoms with van der Waals surface area (Å²) in [7, 11) is 1.55. The van der Waals surface area contributed by atoms with Crippen LogP contribution in [0.2, 0.25) is 0 Å². The molecule has 0 saturated carbocycles. The number of carbonyl (C=O) groups is 2. The molecule has 1 aliphatic heterocycles. The van der Waals surface area contributed by atoms with Crippen LogP contribution in [0.25, 0.3) is 0 Å². The Kier molecular flexibility index (Phi) is 5.25. The average Bonchev–Trinajstić information content (AvgIpc) is 3.10. The molecule has 1 amide bonds. The third-order valence-electron chi connectivity index (χ3n) is 4.85. The first kappa shape index (κ1) is 18.6. The van der Waals surface area contributed by atoms with Crippen molar-refractivity contribution in [2.75, 3.05) is 20.2 Å². The Morgan fingerprint density at radius 2 is 2.15 bits per heavy atom. The van der Waals surface area contributed by atoms with Crippen molar-refractivity contribution in [1.82, 2.24) is 14.9 Å². The van der Waals surface area contributed by atoms with Gasteiger partial charge in [-0.15, -0.1) is 0 Å². The van der Waals surface area contributed by atoms with Crippen molar-refractivity contribution >= 4 is 11.9 Å². The van der Waals surface area contributed by atoms with Crippen LogP contribution < -0.4 is 10.3 Å². The second-order valence-corrected chi connectivity index (χ2v) is 6.63. The van der Waals surface area contributed by atoms with Crippen LogP contribution in [0.4, 0.5) is 0 Å². The molecule has 2 atom stereocenters. The molecule has 0 radical (unpaired) electrons. The maximum Gasteiger partial charge on any atom is 0.308 e. The highest BCUT2D eigenvalue weighted by molar-refractivity contribution is 5.81. The van der Waals surface area contributed by atoms with Crippen LogP contribution in [0, 0.1) is 12.8 Å². The zero-order chi connectivity index (χ0) is 19.6. The van der Waals surface area contributed by atoms with E-state index in [1.54, 1.807) is 32.2 Å². The molecular formula is C19H21N3O5. The number of aromatic nitrogens is 2. The second kappa shape index (κ2) is 7.61. The van der Waals surface area contributed by atoms with Crippen molar-refractivity contribution in [2.24, 2.45) is 5.92 Å². The van der Waals surface area contributed by atoms with E-state index in [1.807, 2.05) is 6.07 Å². The highest BCUT2D eigenvalue weighted by Crippen LogP contribution is 2.34. The number of methoxy groups -OCH3 is 1. The molecule has 1 aromatic carbocycles. The summed E-state index contributed by atoms with van der Waals surface area (Å²) in [5.74, 6) is -1.18. The first-order valence-electron chi connectivity index (χ1n) is 8.58. The number of ether oxygens (including phenoxy) is 1. The molecule has 0 unspecified atom stereocenters. The number of aryl methyl sites for hydroxylation is 1. The maximum atomic E-state index is 12.6. The van der Waals surface area contributed by atoms with Gasteiger partial charge in [-0.3, -0.25) is 14.4 Å². The van der Waals surface area contributed by atoms with Crippen molar-refractivity contribution in [3.8, 4) is 5.75 Å². The Labute approximate surface area is 155 Å². The third-order valence-corrected chi connectivity index (χ3v) is 4.85. The van der Waals surface area contributed by atoms with Crippen molar-refractivity contribution in [3.05, 3.63) is 57.8 Å². The summed E-state index contributed by atoms with van der Waals surface area (Å²) in [5, 5.41) is 9.60. The summed E-state index contributed by atoms with van der Waals surface area (Å²) < 4.78 is 5.21. The van der Waals surface area contributed by atoms with Crippen LogP contribution in [-0.2, 0) is 16.0 Å². The minimum atomic E-state index is -0.951. The normalized spacial score (nSPS) is 19.1. The number of carboxylic acid groups (broad SMARTS) is 1. The Balaban J connectivity index is 1.80. The number of aliphatic carboxylic acids is 1. The fourth-order valence-corrected chi connectivity index (χ4v) is 3.38. The zero-order valence-electron chi connectivity index (χ0n) is 15.1. The highest BCUT2D eigenvalue weighted by Gasteiger charge is 2.40. The highest BCUT2D eigenvalue weighted by atomic mass is 16.5. The molecule has 142 valence electrons. The van der Waals surface area contributed by atoms with Crippen molar-refractivity contribution in [1.29, 1.82) is 0 Å². The standard InChI is InChI=1S/C19H21N3O5/c1-11-20-8-13(18(24)21-11)7-17(23)22-9-15(16(10-22)19(25)26)12-4-3-5-14(6-12)27-2/h3-6,8,15-16H,7,9-10H2,1-2H3,(H,25,26)(H,20,21,24)/t15-,16+/m0/s1.